The molecule has 1 rings (SSSR count). The standard InChI is InChI=1S/3C12H24O2.C7H7.Sn.H/c3*1-2-3-4-5-6-7-8-9-10-11-12(13)14;1-7-5-3-2-4-6-7;;/h3*2-11H2,1H3,(H,13,14);2-6H,1H2;;. The summed E-state index contributed by atoms with van der Waals surface area (Å²) in [6.07, 6.45) is 34.4. The Morgan fingerprint density at radius 1 is 0.400 bits per heavy atom. The van der Waals surface area contributed by atoms with Gasteiger partial charge >= 0.3 is 80.8 Å². The van der Waals surface area contributed by atoms with Crippen molar-refractivity contribution in [3.63, 3.8) is 0 Å². The van der Waals surface area contributed by atoms with Crippen molar-refractivity contribution in [1.29, 1.82) is 0 Å². The predicted octanol–water partition coefficient (Wildman–Crippen LogP) is 13.1. The molecule has 50 heavy (non-hydrogen) atoms. The number of aliphatic carboxylic acids is 3. The number of unbranched alkanes of at least 4 members (excludes halogenated alkanes) is 24. The number of benzene rings is 1. The van der Waals surface area contributed by atoms with Crippen LogP contribution in [0, 0.1) is 0 Å². The molecule has 0 aliphatic rings. The van der Waals surface area contributed by atoms with E-state index in [1.807, 2.05) is 0 Å². The van der Waals surface area contributed by atoms with Gasteiger partial charge in [-0.15, -0.1) is 0 Å². The van der Waals surface area contributed by atoms with Gasteiger partial charge < -0.3 is 15.3 Å². The van der Waals surface area contributed by atoms with Gasteiger partial charge in [0.25, 0.3) is 0 Å². The second-order valence-electron chi connectivity index (χ2n) is 13.6. The van der Waals surface area contributed by atoms with E-state index >= 15 is 0 Å². The molecule has 0 amide bonds. The zero-order valence-electron chi connectivity index (χ0n) is 33.0. The van der Waals surface area contributed by atoms with Gasteiger partial charge in [0.1, 0.15) is 0 Å². The summed E-state index contributed by atoms with van der Waals surface area (Å²) in [5.41, 5.74) is 1.47. The van der Waals surface area contributed by atoms with E-state index < -0.39 is 17.9 Å². The Bertz CT molecular complexity index is 741. The fourth-order valence-corrected chi connectivity index (χ4v) is 6.15. The van der Waals surface area contributed by atoms with E-state index in [2.05, 4.69) is 51.1 Å². The van der Waals surface area contributed by atoms with Crippen LogP contribution in [-0.2, 0) is 18.8 Å². The molecule has 0 saturated carbocycles. The molecular weight excluding hydrogens is 731 g/mol. The van der Waals surface area contributed by atoms with Crippen LogP contribution in [0.15, 0.2) is 30.3 Å². The van der Waals surface area contributed by atoms with Crippen molar-refractivity contribution >= 4 is 40.4 Å². The van der Waals surface area contributed by atoms with Crippen LogP contribution in [0.25, 0.3) is 0 Å². The fraction of sp³-hybridized carbons (Fsp3) is 0.791. The van der Waals surface area contributed by atoms with Crippen molar-refractivity contribution in [2.45, 2.75) is 218 Å². The maximum absolute atomic E-state index is 10.2. The molecule has 0 atom stereocenters. The van der Waals surface area contributed by atoms with E-state index in [9.17, 15) is 14.4 Å². The molecular formula is C43H80O6Sn. The van der Waals surface area contributed by atoms with Gasteiger partial charge in [0, 0.05) is 19.3 Å². The molecule has 0 aliphatic carbocycles. The Kier molecular flexibility index (Phi) is 50.1. The minimum atomic E-state index is -0.659. The summed E-state index contributed by atoms with van der Waals surface area (Å²) >= 11 is 1.33. The van der Waals surface area contributed by atoms with Crippen LogP contribution in [0.4, 0.5) is 0 Å². The molecule has 3 N–H and O–H groups in total. The van der Waals surface area contributed by atoms with Gasteiger partial charge in [-0.2, -0.15) is 0 Å². The Balaban J connectivity index is -0.000000599. The van der Waals surface area contributed by atoms with Crippen molar-refractivity contribution in [3.8, 4) is 0 Å². The first-order valence-electron chi connectivity index (χ1n) is 20.6. The summed E-state index contributed by atoms with van der Waals surface area (Å²) in [6.45, 7) is 6.68. The number of hydrogen-bond donors (Lipinski definition) is 3. The van der Waals surface area contributed by atoms with Gasteiger partial charge in [0.15, 0.2) is 0 Å². The van der Waals surface area contributed by atoms with E-state index in [0.717, 1.165) is 38.5 Å². The van der Waals surface area contributed by atoms with Gasteiger partial charge in [-0.3, -0.25) is 14.4 Å². The summed E-state index contributed by atoms with van der Waals surface area (Å²) < 4.78 is 1.27. The molecule has 0 heterocycles. The van der Waals surface area contributed by atoms with Crippen LogP contribution >= 0.6 is 0 Å². The van der Waals surface area contributed by atoms with E-state index in [0.29, 0.717) is 19.3 Å². The normalized spacial score (nSPS) is 10.2. The molecule has 292 valence electrons. The molecule has 7 heteroatoms. The molecule has 0 unspecified atom stereocenters. The van der Waals surface area contributed by atoms with Crippen LogP contribution in [0.2, 0.25) is 0 Å². The molecule has 0 fully saturated rings. The van der Waals surface area contributed by atoms with Crippen LogP contribution in [0.5, 0.6) is 0 Å². The van der Waals surface area contributed by atoms with Crippen molar-refractivity contribution < 1.29 is 29.7 Å². The van der Waals surface area contributed by atoms with Crippen LogP contribution in [-0.4, -0.2) is 55.8 Å². The Hall–Kier alpha value is -1.57. The monoisotopic (exact) mass is 812 g/mol. The summed E-state index contributed by atoms with van der Waals surface area (Å²) in [4.78, 5) is 30.6. The summed E-state index contributed by atoms with van der Waals surface area (Å²) in [5.74, 6) is -1.98. The van der Waals surface area contributed by atoms with E-state index in [1.165, 1.54) is 167 Å². The van der Waals surface area contributed by atoms with Gasteiger partial charge in [-0.1, -0.05) is 175 Å². The van der Waals surface area contributed by atoms with Crippen LogP contribution < -0.4 is 0 Å². The zero-order chi connectivity index (χ0) is 37.8. The molecule has 6 nitrogen and oxygen atoms in total. The maximum atomic E-state index is 10.2. The first-order valence-corrected chi connectivity index (χ1v) is 23.0. The second kappa shape index (κ2) is 47.4. The molecule has 1 aromatic rings. The average molecular weight is 812 g/mol. The molecule has 0 saturated heterocycles. The number of carboxylic acids is 3. The average Bonchev–Trinajstić information content (AvgIpc) is 3.10. The molecule has 0 aliphatic heterocycles. The van der Waals surface area contributed by atoms with E-state index in [4.69, 9.17) is 15.3 Å². The van der Waals surface area contributed by atoms with Crippen molar-refractivity contribution in [1.82, 2.24) is 0 Å². The summed E-state index contributed by atoms with van der Waals surface area (Å²) in [5, 5.41) is 25.2. The van der Waals surface area contributed by atoms with E-state index in [1.54, 1.807) is 0 Å². The molecule has 0 aromatic heterocycles. The third-order valence-electron chi connectivity index (χ3n) is 8.56. The first-order chi connectivity index (χ1) is 24.2. The Morgan fingerprint density at radius 3 is 0.800 bits per heavy atom. The summed E-state index contributed by atoms with van der Waals surface area (Å²) in [7, 11) is 0. The molecule has 2 radical (unpaired) electrons. The third-order valence-corrected chi connectivity index (χ3v) is 9.91. The Labute approximate surface area is 322 Å². The van der Waals surface area contributed by atoms with Crippen molar-refractivity contribution in [3.05, 3.63) is 35.9 Å². The number of rotatable bonds is 31. The first kappa shape index (κ1) is 52.8. The minimum absolute atomic E-state index is 0.343. The van der Waals surface area contributed by atoms with E-state index in [-0.39, 0.29) is 0 Å². The topological polar surface area (TPSA) is 112 Å². The molecule has 0 bridgehead atoms. The van der Waals surface area contributed by atoms with Gasteiger partial charge in [-0.05, 0) is 19.3 Å². The fourth-order valence-electron chi connectivity index (χ4n) is 5.37. The quantitative estimate of drug-likeness (QED) is 0.0508. The number of hydrogen-bond acceptors (Lipinski definition) is 3. The second-order valence-corrected chi connectivity index (χ2v) is 14.8. The van der Waals surface area contributed by atoms with Gasteiger partial charge in [-0.25, -0.2) is 0 Å². The Morgan fingerprint density at radius 2 is 0.620 bits per heavy atom. The van der Waals surface area contributed by atoms with Crippen LogP contribution in [0.3, 0.4) is 0 Å². The SMILES string of the molecule is CCCCCCCCCCCC(=O)O.CCCCCCCCCCCC(=O)O.CCCCCCCCCCCC(=O)O.[SnH][CH2]c1ccccc1. The van der Waals surface area contributed by atoms with Crippen molar-refractivity contribution in [2.75, 3.05) is 0 Å². The van der Waals surface area contributed by atoms with Crippen molar-refractivity contribution in [2.24, 2.45) is 0 Å². The zero-order valence-corrected chi connectivity index (χ0v) is 36.2. The third kappa shape index (κ3) is 55.8. The molecule has 0 spiro atoms. The van der Waals surface area contributed by atoms with Crippen LogP contribution in [0.1, 0.15) is 219 Å². The number of carbonyl (C=O) groups is 3. The predicted molar refractivity (Wildman–Crippen MR) is 216 cm³/mol. The number of carboxylic acid groups (broad SMARTS) is 3. The summed E-state index contributed by atoms with van der Waals surface area (Å²) in [6, 6.07) is 10.6. The van der Waals surface area contributed by atoms with Gasteiger partial charge in [0.2, 0.25) is 0 Å². The van der Waals surface area contributed by atoms with Gasteiger partial charge in [0.05, 0.1) is 0 Å². The molecule has 1 aromatic carbocycles.